The number of primary amides is 1. The van der Waals surface area contributed by atoms with Crippen LogP contribution in [0, 0.1) is 0 Å². The summed E-state index contributed by atoms with van der Waals surface area (Å²) in [4.78, 5) is 27.2. The molecule has 0 atom stereocenters. The van der Waals surface area contributed by atoms with Gasteiger partial charge in [0, 0.05) is 15.6 Å². The van der Waals surface area contributed by atoms with Gasteiger partial charge >= 0.3 is 5.97 Å². The molecule has 1 heterocycles. The number of carbonyl (C=O) groups is 2. The molecule has 0 spiro atoms. The van der Waals surface area contributed by atoms with Crippen LogP contribution in [-0.4, -0.2) is 22.0 Å². The number of nitrogens with two attached hydrogens (primary N) is 1. The minimum absolute atomic E-state index is 0.155. The molecular formula is C17H12BrN3O4. The van der Waals surface area contributed by atoms with Crippen molar-refractivity contribution < 1.29 is 18.8 Å². The summed E-state index contributed by atoms with van der Waals surface area (Å²) in [7, 11) is 0. The molecule has 3 rings (SSSR count). The summed E-state index contributed by atoms with van der Waals surface area (Å²) in [5, 5.41) is 3.86. The summed E-state index contributed by atoms with van der Waals surface area (Å²) in [6.07, 6.45) is 0. The summed E-state index contributed by atoms with van der Waals surface area (Å²) in [6, 6.07) is 13.3. The van der Waals surface area contributed by atoms with Crippen LogP contribution in [0.25, 0.3) is 11.4 Å². The van der Waals surface area contributed by atoms with Gasteiger partial charge in [0.2, 0.25) is 11.7 Å². The number of ether oxygens (including phenoxy) is 1. The van der Waals surface area contributed by atoms with Crippen molar-refractivity contribution in [3.05, 3.63) is 70.0 Å². The average Bonchev–Trinajstić information content (AvgIpc) is 3.09. The lowest BCUT2D eigenvalue weighted by molar-refractivity contribution is 0.0429. The molecule has 0 saturated carbocycles. The van der Waals surface area contributed by atoms with Crippen LogP contribution >= 0.6 is 15.9 Å². The maximum absolute atomic E-state index is 12.0. The fourth-order valence-electron chi connectivity index (χ4n) is 2.04. The van der Waals surface area contributed by atoms with Crippen molar-refractivity contribution in [3.63, 3.8) is 0 Å². The van der Waals surface area contributed by atoms with Crippen LogP contribution < -0.4 is 5.73 Å². The van der Waals surface area contributed by atoms with Gasteiger partial charge in [0.05, 0.1) is 5.56 Å². The Bertz CT molecular complexity index is 922. The van der Waals surface area contributed by atoms with Gasteiger partial charge < -0.3 is 15.0 Å². The molecule has 1 amide bonds. The number of benzene rings is 2. The molecule has 0 radical (unpaired) electrons. The van der Waals surface area contributed by atoms with Gasteiger partial charge in [-0.15, -0.1) is 0 Å². The summed E-state index contributed by atoms with van der Waals surface area (Å²) in [6.45, 7) is -0.155. The topological polar surface area (TPSA) is 108 Å². The quantitative estimate of drug-likeness (QED) is 0.658. The highest BCUT2D eigenvalue weighted by Gasteiger charge is 2.13. The molecule has 2 N–H and O–H groups in total. The molecule has 0 aliphatic rings. The predicted octanol–water partition coefficient (Wildman–Crippen LogP) is 2.96. The minimum atomic E-state index is -0.571. The van der Waals surface area contributed by atoms with E-state index in [-0.39, 0.29) is 18.1 Å². The lowest BCUT2D eigenvalue weighted by Crippen LogP contribution is -2.11. The molecule has 3 aromatic rings. The van der Waals surface area contributed by atoms with Gasteiger partial charge in [-0.3, -0.25) is 4.79 Å². The lowest BCUT2D eigenvalue weighted by Gasteiger charge is -2.02. The number of nitrogens with zero attached hydrogens (tertiary/aromatic N) is 2. The Balaban J connectivity index is 1.64. The summed E-state index contributed by atoms with van der Waals surface area (Å²) < 4.78 is 11.1. The molecule has 8 heteroatoms. The van der Waals surface area contributed by atoms with E-state index in [1.165, 1.54) is 24.3 Å². The third-order valence-corrected chi connectivity index (χ3v) is 3.78. The Morgan fingerprint density at radius 1 is 1.12 bits per heavy atom. The van der Waals surface area contributed by atoms with Crippen LogP contribution in [0.2, 0.25) is 0 Å². The standard InChI is InChI=1S/C17H12BrN3O4/c18-13-3-1-2-12(8-13)16-20-14(25-21-16)9-24-17(23)11-6-4-10(5-7-11)15(19)22/h1-8H,9H2,(H2,19,22). The molecule has 7 nitrogen and oxygen atoms in total. The van der Waals surface area contributed by atoms with Gasteiger partial charge in [-0.25, -0.2) is 4.79 Å². The Labute approximate surface area is 150 Å². The van der Waals surface area contributed by atoms with Crippen molar-refractivity contribution in [2.45, 2.75) is 6.61 Å². The van der Waals surface area contributed by atoms with E-state index in [0.717, 1.165) is 10.0 Å². The number of aromatic nitrogens is 2. The third kappa shape index (κ3) is 4.10. The van der Waals surface area contributed by atoms with Crippen molar-refractivity contribution in [3.8, 4) is 11.4 Å². The first-order chi connectivity index (χ1) is 12.0. The zero-order valence-electron chi connectivity index (χ0n) is 12.8. The first-order valence-corrected chi connectivity index (χ1v) is 7.98. The highest BCUT2D eigenvalue weighted by Crippen LogP contribution is 2.20. The van der Waals surface area contributed by atoms with Gasteiger partial charge in [-0.05, 0) is 36.4 Å². The van der Waals surface area contributed by atoms with Crippen molar-refractivity contribution in [2.75, 3.05) is 0 Å². The second-order valence-corrected chi connectivity index (χ2v) is 5.96. The van der Waals surface area contributed by atoms with E-state index < -0.39 is 11.9 Å². The van der Waals surface area contributed by atoms with Crippen LogP contribution in [0.5, 0.6) is 0 Å². The SMILES string of the molecule is NC(=O)c1ccc(C(=O)OCc2nc(-c3cccc(Br)c3)no2)cc1. The second-order valence-electron chi connectivity index (χ2n) is 5.04. The van der Waals surface area contributed by atoms with Crippen LogP contribution in [0.1, 0.15) is 26.6 Å². The van der Waals surface area contributed by atoms with E-state index in [4.69, 9.17) is 15.0 Å². The maximum atomic E-state index is 12.0. The van der Waals surface area contributed by atoms with Gasteiger partial charge in [0.15, 0.2) is 6.61 Å². The van der Waals surface area contributed by atoms with E-state index in [9.17, 15) is 9.59 Å². The van der Waals surface area contributed by atoms with Gasteiger partial charge in [0.25, 0.3) is 5.89 Å². The van der Waals surface area contributed by atoms with Crippen molar-refractivity contribution in [1.82, 2.24) is 10.1 Å². The molecular weight excluding hydrogens is 390 g/mol. The molecule has 0 bridgehead atoms. The fraction of sp³-hybridized carbons (Fsp3) is 0.0588. The van der Waals surface area contributed by atoms with Crippen molar-refractivity contribution in [1.29, 1.82) is 0 Å². The lowest BCUT2D eigenvalue weighted by atomic mass is 10.1. The predicted molar refractivity (Wildman–Crippen MR) is 91.5 cm³/mol. The zero-order valence-corrected chi connectivity index (χ0v) is 14.4. The summed E-state index contributed by atoms with van der Waals surface area (Å²) in [5.41, 5.74) is 6.53. The molecule has 0 aliphatic carbocycles. The molecule has 0 unspecified atom stereocenters. The number of esters is 1. The number of hydrogen-bond donors (Lipinski definition) is 1. The van der Waals surface area contributed by atoms with E-state index in [2.05, 4.69) is 26.1 Å². The zero-order chi connectivity index (χ0) is 17.8. The van der Waals surface area contributed by atoms with Crippen molar-refractivity contribution in [2.24, 2.45) is 5.73 Å². The van der Waals surface area contributed by atoms with E-state index >= 15 is 0 Å². The number of halogens is 1. The smallest absolute Gasteiger partial charge is 0.338 e. The Kier molecular flexibility index (Phi) is 4.90. The van der Waals surface area contributed by atoms with E-state index in [1.54, 1.807) is 0 Å². The van der Waals surface area contributed by atoms with Gasteiger partial charge in [-0.1, -0.05) is 33.2 Å². The summed E-state index contributed by atoms with van der Waals surface area (Å²) >= 11 is 3.37. The molecule has 0 saturated heterocycles. The van der Waals surface area contributed by atoms with Crippen LogP contribution in [-0.2, 0) is 11.3 Å². The number of carbonyl (C=O) groups excluding carboxylic acids is 2. The number of amides is 1. The highest BCUT2D eigenvalue weighted by atomic mass is 79.9. The highest BCUT2D eigenvalue weighted by molar-refractivity contribution is 9.10. The Hall–Kier alpha value is -3.00. The first-order valence-electron chi connectivity index (χ1n) is 7.18. The monoisotopic (exact) mass is 401 g/mol. The van der Waals surface area contributed by atoms with Crippen LogP contribution in [0.15, 0.2) is 57.5 Å². The first kappa shape index (κ1) is 16.8. The normalized spacial score (nSPS) is 10.4. The minimum Gasteiger partial charge on any atom is -0.452 e. The molecule has 0 aliphatic heterocycles. The Morgan fingerprint density at radius 3 is 2.52 bits per heavy atom. The van der Waals surface area contributed by atoms with Gasteiger partial charge in [-0.2, -0.15) is 4.98 Å². The molecule has 2 aromatic carbocycles. The summed E-state index contributed by atoms with van der Waals surface area (Å²) in [5.74, 6) is -0.556. The van der Waals surface area contributed by atoms with Crippen molar-refractivity contribution >= 4 is 27.8 Å². The molecule has 1 aromatic heterocycles. The largest absolute Gasteiger partial charge is 0.452 e. The van der Waals surface area contributed by atoms with Gasteiger partial charge in [0.1, 0.15) is 0 Å². The molecule has 25 heavy (non-hydrogen) atoms. The molecule has 0 fully saturated rings. The maximum Gasteiger partial charge on any atom is 0.338 e. The fourth-order valence-corrected chi connectivity index (χ4v) is 2.44. The number of hydrogen-bond acceptors (Lipinski definition) is 6. The average molecular weight is 402 g/mol. The van der Waals surface area contributed by atoms with E-state index in [0.29, 0.717) is 11.4 Å². The third-order valence-electron chi connectivity index (χ3n) is 3.28. The van der Waals surface area contributed by atoms with Crippen LogP contribution in [0.4, 0.5) is 0 Å². The van der Waals surface area contributed by atoms with E-state index in [1.807, 2.05) is 24.3 Å². The second kappa shape index (κ2) is 7.27. The molecule has 126 valence electrons. The number of rotatable bonds is 5. The van der Waals surface area contributed by atoms with Crippen LogP contribution in [0.3, 0.4) is 0 Å². The Morgan fingerprint density at radius 2 is 1.84 bits per heavy atom.